The van der Waals surface area contributed by atoms with Gasteiger partial charge in [0.25, 0.3) is 0 Å². The Kier molecular flexibility index (Phi) is 8.24. The van der Waals surface area contributed by atoms with Gasteiger partial charge in [0.15, 0.2) is 5.78 Å². The predicted molar refractivity (Wildman–Crippen MR) is 60.7 cm³/mol. The van der Waals surface area contributed by atoms with Crippen molar-refractivity contribution in [1.82, 2.24) is 0 Å². The number of ether oxygens (including phenoxy) is 2. The van der Waals surface area contributed by atoms with E-state index in [4.69, 9.17) is 9.47 Å². The maximum atomic E-state index is 11.6. The molecule has 0 aliphatic heterocycles. The lowest BCUT2D eigenvalue weighted by molar-refractivity contribution is -0.167. The van der Waals surface area contributed by atoms with E-state index in [1.54, 1.807) is 0 Å². The number of allylic oxidation sites excluding steroid dienone is 2. The normalized spacial score (nSPS) is 10.5. The second-order valence-corrected chi connectivity index (χ2v) is 3.53. The van der Waals surface area contributed by atoms with E-state index in [-0.39, 0.29) is 5.78 Å². The van der Waals surface area contributed by atoms with Crippen LogP contribution in [-0.4, -0.2) is 25.3 Å². The molecule has 0 N–H and O–H groups in total. The average molecular weight is 214 g/mol. The summed E-state index contributed by atoms with van der Waals surface area (Å²) in [7, 11) is 0. The van der Waals surface area contributed by atoms with Gasteiger partial charge >= 0.3 is 0 Å². The van der Waals surface area contributed by atoms with Crippen molar-refractivity contribution in [1.29, 1.82) is 0 Å². The summed E-state index contributed by atoms with van der Waals surface area (Å²) in [6, 6.07) is 0. The summed E-state index contributed by atoms with van der Waals surface area (Å²) in [6.07, 6.45) is 2.62. The quantitative estimate of drug-likeness (QED) is 0.460. The molecule has 0 saturated heterocycles. The van der Waals surface area contributed by atoms with E-state index in [0.29, 0.717) is 19.6 Å². The molecule has 0 saturated carbocycles. The standard InChI is InChI=1S/C12H22O3/c1-5-14-12(15-6-2)11(13)9-7-8-10(3)4/h8,12H,5-7,9H2,1-4H3. The van der Waals surface area contributed by atoms with Gasteiger partial charge in [-0.05, 0) is 34.1 Å². The molecule has 0 heterocycles. The molecule has 0 rings (SSSR count). The maximum Gasteiger partial charge on any atom is 0.217 e. The molecular formula is C12H22O3. The van der Waals surface area contributed by atoms with Crippen molar-refractivity contribution in [2.45, 2.75) is 46.8 Å². The molecule has 0 atom stereocenters. The van der Waals surface area contributed by atoms with Crippen LogP contribution in [0.4, 0.5) is 0 Å². The number of carbonyl (C=O) groups is 1. The molecule has 0 bridgehead atoms. The van der Waals surface area contributed by atoms with Gasteiger partial charge in [-0.1, -0.05) is 11.6 Å². The van der Waals surface area contributed by atoms with E-state index in [9.17, 15) is 4.79 Å². The Morgan fingerprint density at radius 1 is 1.20 bits per heavy atom. The van der Waals surface area contributed by atoms with Gasteiger partial charge in [0.2, 0.25) is 6.29 Å². The summed E-state index contributed by atoms with van der Waals surface area (Å²) in [5.74, 6) is 0.0243. The van der Waals surface area contributed by atoms with Gasteiger partial charge in [-0.3, -0.25) is 4.79 Å². The summed E-state index contributed by atoms with van der Waals surface area (Å²) in [4.78, 5) is 11.6. The summed E-state index contributed by atoms with van der Waals surface area (Å²) < 4.78 is 10.4. The van der Waals surface area contributed by atoms with Gasteiger partial charge < -0.3 is 9.47 Å². The highest BCUT2D eigenvalue weighted by Gasteiger charge is 2.17. The number of rotatable bonds is 8. The van der Waals surface area contributed by atoms with Crippen LogP contribution < -0.4 is 0 Å². The van der Waals surface area contributed by atoms with Crippen molar-refractivity contribution in [3.63, 3.8) is 0 Å². The molecule has 0 aliphatic rings. The number of hydrogen-bond acceptors (Lipinski definition) is 3. The Morgan fingerprint density at radius 3 is 2.13 bits per heavy atom. The molecule has 0 spiro atoms. The maximum absolute atomic E-state index is 11.6. The number of Topliss-reactive ketones (excluding diaryl/α,β-unsaturated/α-hetero) is 1. The first-order valence-electron chi connectivity index (χ1n) is 5.51. The topological polar surface area (TPSA) is 35.5 Å². The molecule has 0 aromatic heterocycles. The van der Waals surface area contributed by atoms with Crippen LogP contribution in [0.25, 0.3) is 0 Å². The molecule has 0 aliphatic carbocycles. The lowest BCUT2D eigenvalue weighted by Gasteiger charge is -2.14. The molecule has 0 amide bonds. The van der Waals surface area contributed by atoms with Crippen LogP contribution in [-0.2, 0) is 14.3 Å². The van der Waals surface area contributed by atoms with Crippen LogP contribution in [0.1, 0.15) is 40.5 Å². The van der Waals surface area contributed by atoms with Crippen LogP contribution in [0.15, 0.2) is 11.6 Å². The van der Waals surface area contributed by atoms with E-state index in [1.165, 1.54) is 5.57 Å². The Labute approximate surface area is 92.5 Å². The molecule has 3 heteroatoms. The van der Waals surface area contributed by atoms with Crippen LogP contribution >= 0.6 is 0 Å². The third-order valence-corrected chi connectivity index (χ3v) is 1.84. The highest BCUT2D eigenvalue weighted by Crippen LogP contribution is 2.05. The minimum absolute atomic E-state index is 0.0243. The first-order valence-corrected chi connectivity index (χ1v) is 5.51. The van der Waals surface area contributed by atoms with Crippen LogP contribution in [0.2, 0.25) is 0 Å². The van der Waals surface area contributed by atoms with Crippen molar-refractivity contribution in [3.8, 4) is 0 Å². The largest absolute Gasteiger partial charge is 0.346 e. The number of carbonyl (C=O) groups excluding carboxylic acids is 1. The van der Waals surface area contributed by atoms with Crippen LogP contribution in [0.5, 0.6) is 0 Å². The Hall–Kier alpha value is -0.670. The van der Waals surface area contributed by atoms with Crippen molar-refractivity contribution in [3.05, 3.63) is 11.6 Å². The first kappa shape index (κ1) is 14.3. The second-order valence-electron chi connectivity index (χ2n) is 3.53. The molecule has 0 aromatic rings. The zero-order valence-electron chi connectivity index (χ0n) is 10.2. The van der Waals surface area contributed by atoms with Gasteiger partial charge in [-0.25, -0.2) is 0 Å². The van der Waals surface area contributed by atoms with Crippen molar-refractivity contribution < 1.29 is 14.3 Å². The first-order chi connectivity index (χ1) is 7.11. The molecule has 88 valence electrons. The number of ketones is 1. The average Bonchev–Trinajstić information content (AvgIpc) is 2.16. The summed E-state index contributed by atoms with van der Waals surface area (Å²) in [5, 5.41) is 0. The second kappa shape index (κ2) is 8.62. The highest BCUT2D eigenvalue weighted by molar-refractivity contribution is 5.81. The third kappa shape index (κ3) is 7.28. The Bertz CT molecular complexity index is 199. The van der Waals surface area contributed by atoms with Crippen molar-refractivity contribution >= 4 is 5.78 Å². The summed E-state index contributed by atoms with van der Waals surface area (Å²) in [6.45, 7) is 8.75. The zero-order chi connectivity index (χ0) is 11.7. The molecule has 0 radical (unpaired) electrons. The molecule has 0 unspecified atom stereocenters. The fraction of sp³-hybridized carbons (Fsp3) is 0.750. The van der Waals surface area contributed by atoms with Gasteiger partial charge in [0, 0.05) is 19.6 Å². The van der Waals surface area contributed by atoms with Crippen LogP contribution in [0.3, 0.4) is 0 Å². The highest BCUT2D eigenvalue weighted by atomic mass is 16.7. The SMILES string of the molecule is CCOC(OCC)C(=O)CCC=C(C)C. The summed E-state index contributed by atoms with van der Waals surface area (Å²) >= 11 is 0. The lowest BCUT2D eigenvalue weighted by Crippen LogP contribution is -2.27. The monoisotopic (exact) mass is 214 g/mol. The van der Waals surface area contributed by atoms with Gasteiger partial charge in [-0.2, -0.15) is 0 Å². The van der Waals surface area contributed by atoms with E-state index >= 15 is 0 Å². The molecule has 0 fully saturated rings. The molecule has 3 nitrogen and oxygen atoms in total. The fourth-order valence-electron chi connectivity index (χ4n) is 1.16. The Balaban J connectivity index is 3.96. The minimum Gasteiger partial charge on any atom is -0.346 e. The predicted octanol–water partition coefficient (Wildman–Crippen LogP) is 2.70. The van der Waals surface area contributed by atoms with E-state index in [2.05, 4.69) is 0 Å². The minimum atomic E-state index is -0.675. The van der Waals surface area contributed by atoms with Crippen LogP contribution in [0, 0.1) is 0 Å². The lowest BCUT2D eigenvalue weighted by atomic mass is 10.1. The zero-order valence-corrected chi connectivity index (χ0v) is 10.2. The smallest absolute Gasteiger partial charge is 0.217 e. The van der Waals surface area contributed by atoms with Gasteiger partial charge in [0.1, 0.15) is 0 Å². The van der Waals surface area contributed by atoms with Crippen molar-refractivity contribution in [2.75, 3.05) is 13.2 Å². The Morgan fingerprint density at radius 2 is 1.73 bits per heavy atom. The van der Waals surface area contributed by atoms with E-state index < -0.39 is 6.29 Å². The van der Waals surface area contributed by atoms with Gasteiger partial charge in [0.05, 0.1) is 0 Å². The summed E-state index contributed by atoms with van der Waals surface area (Å²) in [5.41, 5.74) is 1.23. The van der Waals surface area contributed by atoms with Crippen molar-refractivity contribution in [2.24, 2.45) is 0 Å². The van der Waals surface area contributed by atoms with E-state index in [0.717, 1.165) is 6.42 Å². The molecule has 0 aromatic carbocycles. The van der Waals surface area contributed by atoms with E-state index in [1.807, 2.05) is 33.8 Å². The van der Waals surface area contributed by atoms with Gasteiger partial charge in [-0.15, -0.1) is 0 Å². The fourth-order valence-corrected chi connectivity index (χ4v) is 1.16. The molecular weight excluding hydrogens is 192 g/mol. The third-order valence-electron chi connectivity index (χ3n) is 1.84. The molecule has 15 heavy (non-hydrogen) atoms. The number of hydrogen-bond donors (Lipinski definition) is 0.